The predicted octanol–water partition coefficient (Wildman–Crippen LogP) is 3.70. The highest BCUT2D eigenvalue weighted by atomic mass is 32.1. The summed E-state index contributed by atoms with van der Waals surface area (Å²) in [4.78, 5) is 2.73. The van der Waals surface area contributed by atoms with Gasteiger partial charge in [-0.3, -0.25) is 0 Å². The summed E-state index contributed by atoms with van der Waals surface area (Å²) in [6.07, 6.45) is 0. The average molecular weight is 211 g/mol. The maximum absolute atomic E-state index is 6.10. The second-order valence-corrected chi connectivity index (χ2v) is 6.34. The van der Waals surface area contributed by atoms with Gasteiger partial charge in [0, 0.05) is 15.8 Å². The fourth-order valence-electron chi connectivity index (χ4n) is 1.26. The highest BCUT2D eigenvalue weighted by Gasteiger charge is 2.19. The van der Waals surface area contributed by atoms with Gasteiger partial charge in [-0.15, -0.1) is 11.3 Å². The Bertz CT molecular complexity index is 294. The van der Waals surface area contributed by atoms with Crippen LogP contribution in [0.15, 0.2) is 12.1 Å². The van der Waals surface area contributed by atoms with E-state index in [4.69, 9.17) is 5.73 Å². The third-order valence-corrected chi connectivity index (χ3v) is 4.03. The molecular weight excluding hydrogens is 190 g/mol. The van der Waals surface area contributed by atoms with E-state index in [9.17, 15) is 0 Å². The molecule has 0 fully saturated rings. The van der Waals surface area contributed by atoms with Crippen molar-refractivity contribution in [2.45, 2.75) is 46.1 Å². The molecule has 0 bridgehead atoms. The molecule has 1 aromatic heterocycles. The van der Waals surface area contributed by atoms with Gasteiger partial charge in [0.05, 0.1) is 0 Å². The minimum absolute atomic E-state index is 0.191. The molecule has 14 heavy (non-hydrogen) atoms. The maximum atomic E-state index is 6.10. The van der Waals surface area contributed by atoms with Crippen LogP contribution in [-0.4, -0.2) is 0 Å². The molecule has 80 valence electrons. The molecule has 0 radical (unpaired) electrons. The largest absolute Gasteiger partial charge is 0.323 e. The zero-order chi connectivity index (χ0) is 10.9. The lowest BCUT2D eigenvalue weighted by Gasteiger charge is -2.16. The van der Waals surface area contributed by atoms with Crippen molar-refractivity contribution in [2.24, 2.45) is 11.7 Å². The first-order valence-corrected chi connectivity index (χ1v) is 6.00. The summed E-state index contributed by atoms with van der Waals surface area (Å²) in [5, 5.41) is 0. The normalized spacial score (nSPS) is 14.8. The standard InChI is InChI=1S/C12H21NS/c1-8(2)11(13)9-6-7-10(14-9)12(3,4)5/h6-8,11H,13H2,1-5H3. The third-order valence-electron chi connectivity index (χ3n) is 2.41. The van der Waals surface area contributed by atoms with Crippen LogP contribution in [0.1, 0.15) is 50.4 Å². The number of thiophene rings is 1. The molecule has 0 amide bonds. The summed E-state index contributed by atoms with van der Waals surface area (Å²) < 4.78 is 0. The molecule has 1 atom stereocenters. The highest BCUT2D eigenvalue weighted by molar-refractivity contribution is 7.12. The predicted molar refractivity (Wildman–Crippen MR) is 64.8 cm³/mol. The van der Waals surface area contributed by atoms with Crippen molar-refractivity contribution in [3.8, 4) is 0 Å². The van der Waals surface area contributed by atoms with Gasteiger partial charge in [0.1, 0.15) is 0 Å². The Morgan fingerprint density at radius 3 is 2.14 bits per heavy atom. The van der Waals surface area contributed by atoms with Crippen LogP contribution in [0, 0.1) is 5.92 Å². The fraction of sp³-hybridized carbons (Fsp3) is 0.667. The fourth-order valence-corrected chi connectivity index (χ4v) is 2.50. The molecule has 0 aromatic carbocycles. The second-order valence-electron chi connectivity index (χ2n) is 5.22. The van der Waals surface area contributed by atoms with E-state index in [2.05, 4.69) is 46.8 Å². The van der Waals surface area contributed by atoms with E-state index >= 15 is 0 Å². The van der Waals surface area contributed by atoms with E-state index < -0.39 is 0 Å². The van der Waals surface area contributed by atoms with E-state index in [1.165, 1.54) is 9.75 Å². The lowest BCUT2D eigenvalue weighted by atomic mass is 9.95. The van der Waals surface area contributed by atoms with E-state index in [-0.39, 0.29) is 11.5 Å². The Labute approximate surface area is 91.3 Å². The molecule has 0 saturated carbocycles. The van der Waals surface area contributed by atoms with Crippen LogP contribution in [0.25, 0.3) is 0 Å². The van der Waals surface area contributed by atoms with E-state index in [0.29, 0.717) is 5.92 Å². The van der Waals surface area contributed by atoms with Crippen LogP contribution in [0.3, 0.4) is 0 Å². The van der Waals surface area contributed by atoms with Gasteiger partial charge >= 0.3 is 0 Å². The quantitative estimate of drug-likeness (QED) is 0.793. The van der Waals surface area contributed by atoms with Crippen LogP contribution in [0.5, 0.6) is 0 Å². The summed E-state index contributed by atoms with van der Waals surface area (Å²) in [6, 6.07) is 4.58. The van der Waals surface area contributed by atoms with Crippen LogP contribution in [-0.2, 0) is 5.41 Å². The summed E-state index contributed by atoms with van der Waals surface area (Å²) in [5.74, 6) is 0.515. The zero-order valence-corrected chi connectivity index (χ0v) is 10.6. The molecule has 0 spiro atoms. The van der Waals surface area contributed by atoms with Gasteiger partial charge in [-0.1, -0.05) is 34.6 Å². The number of hydrogen-bond donors (Lipinski definition) is 1. The molecule has 0 aliphatic carbocycles. The Hall–Kier alpha value is -0.340. The summed E-state index contributed by atoms with van der Waals surface area (Å²) >= 11 is 1.85. The van der Waals surface area contributed by atoms with Gasteiger partial charge in [-0.05, 0) is 23.5 Å². The Kier molecular flexibility index (Phi) is 3.38. The van der Waals surface area contributed by atoms with E-state index in [1.807, 2.05) is 11.3 Å². The van der Waals surface area contributed by atoms with E-state index in [0.717, 1.165) is 0 Å². The van der Waals surface area contributed by atoms with Crippen molar-refractivity contribution < 1.29 is 0 Å². The lowest BCUT2D eigenvalue weighted by Crippen LogP contribution is -2.15. The van der Waals surface area contributed by atoms with Crippen molar-refractivity contribution in [3.63, 3.8) is 0 Å². The zero-order valence-electron chi connectivity index (χ0n) is 9.79. The average Bonchev–Trinajstić information content (AvgIpc) is 2.49. The van der Waals surface area contributed by atoms with Crippen molar-refractivity contribution in [1.82, 2.24) is 0 Å². The molecule has 1 nitrogen and oxygen atoms in total. The molecule has 1 unspecified atom stereocenters. The SMILES string of the molecule is CC(C)C(N)c1ccc(C(C)(C)C)s1. The minimum Gasteiger partial charge on any atom is -0.323 e. The van der Waals surface area contributed by atoms with Gasteiger partial charge in [-0.2, -0.15) is 0 Å². The topological polar surface area (TPSA) is 26.0 Å². The first-order chi connectivity index (χ1) is 6.32. The molecule has 2 N–H and O–H groups in total. The van der Waals surface area contributed by atoms with Crippen molar-refractivity contribution in [2.75, 3.05) is 0 Å². The molecule has 2 heteroatoms. The van der Waals surface area contributed by atoms with Gasteiger partial charge in [-0.25, -0.2) is 0 Å². The van der Waals surface area contributed by atoms with Crippen LogP contribution in [0.2, 0.25) is 0 Å². The lowest BCUT2D eigenvalue weighted by molar-refractivity contribution is 0.521. The minimum atomic E-state index is 0.191. The van der Waals surface area contributed by atoms with Gasteiger partial charge in [0.2, 0.25) is 0 Å². The number of rotatable bonds is 2. The number of nitrogens with two attached hydrogens (primary N) is 1. The maximum Gasteiger partial charge on any atom is 0.0413 e. The first-order valence-electron chi connectivity index (χ1n) is 5.18. The first kappa shape index (κ1) is 11.7. The second kappa shape index (κ2) is 4.03. The molecule has 1 heterocycles. The summed E-state index contributed by atoms with van der Waals surface area (Å²) in [7, 11) is 0. The van der Waals surface area contributed by atoms with Crippen molar-refractivity contribution in [1.29, 1.82) is 0 Å². The Balaban J connectivity index is 2.89. The Morgan fingerprint density at radius 2 is 1.79 bits per heavy atom. The van der Waals surface area contributed by atoms with Crippen molar-refractivity contribution in [3.05, 3.63) is 21.9 Å². The third kappa shape index (κ3) is 2.58. The van der Waals surface area contributed by atoms with Gasteiger partial charge in [0.15, 0.2) is 0 Å². The van der Waals surface area contributed by atoms with Crippen molar-refractivity contribution >= 4 is 11.3 Å². The van der Waals surface area contributed by atoms with Crippen LogP contribution >= 0.6 is 11.3 Å². The molecule has 0 aliphatic rings. The molecular formula is C12H21NS. The summed E-state index contributed by atoms with van der Waals surface area (Å²) in [6.45, 7) is 11.1. The summed E-state index contributed by atoms with van der Waals surface area (Å²) in [5.41, 5.74) is 6.35. The van der Waals surface area contributed by atoms with E-state index in [1.54, 1.807) is 0 Å². The van der Waals surface area contributed by atoms with Gasteiger partial charge in [0.25, 0.3) is 0 Å². The van der Waals surface area contributed by atoms with Gasteiger partial charge < -0.3 is 5.73 Å². The molecule has 1 rings (SSSR count). The molecule has 1 aromatic rings. The molecule has 0 aliphatic heterocycles. The monoisotopic (exact) mass is 211 g/mol. The Morgan fingerprint density at radius 1 is 1.21 bits per heavy atom. The van der Waals surface area contributed by atoms with Crippen LogP contribution < -0.4 is 5.73 Å². The smallest absolute Gasteiger partial charge is 0.0413 e. The number of hydrogen-bond acceptors (Lipinski definition) is 2. The highest BCUT2D eigenvalue weighted by Crippen LogP contribution is 2.33. The van der Waals surface area contributed by atoms with Crippen LogP contribution in [0.4, 0.5) is 0 Å². The molecule has 0 saturated heterocycles.